The molecule has 1 saturated heterocycles. The molecule has 1 N–H and O–H groups in total. The quantitative estimate of drug-likeness (QED) is 0.435. The molecular weight excluding hydrogens is 382 g/mol. The van der Waals surface area contributed by atoms with Crippen molar-refractivity contribution >= 4 is 32.4 Å². The van der Waals surface area contributed by atoms with Crippen LogP contribution in [0.2, 0.25) is 0 Å². The Morgan fingerprint density at radius 3 is 2.76 bits per heavy atom. The van der Waals surface area contributed by atoms with Crippen LogP contribution >= 0.6 is 11.3 Å². The van der Waals surface area contributed by atoms with Crippen LogP contribution in [0.15, 0.2) is 66.9 Å². The fraction of sp³-hybridized carbons (Fsp3) is 0.217. The van der Waals surface area contributed by atoms with Gasteiger partial charge in [-0.2, -0.15) is 0 Å². The maximum absolute atomic E-state index is 6.11. The highest BCUT2D eigenvalue weighted by molar-refractivity contribution is 7.22. The van der Waals surface area contributed by atoms with Crippen LogP contribution in [0.4, 0.5) is 10.8 Å². The van der Waals surface area contributed by atoms with Gasteiger partial charge in [0, 0.05) is 30.0 Å². The summed E-state index contributed by atoms with van der Waals surface area (Å²) in [6.45, 7) is 1.57. The number of thiazole rings is 1. The minimum atomic E-state index is 0.340. The van der Waals surface area contributed by atoms with Gasteiger partial charge < -0.3 is 14.8 Å². The molecule has 2 aromatic heterocycles. The number of nitrogens with zero attached hydrogens (tertiary/aromatic N) is 2. The molecule has 146 valence electrons. The normalized spacial score (nSPS) is 16.6. The van der Waals surface area contributed by atoms with Gasteiger partial charge in [0.05, 0.1) is 16.8 Å². The molecule has 0 radical (unpaired) electrons. The molecule has 1 fully saturated rings. The second-order valence-electron chi connectivity index (χ2n) is 7.05. The van der Waals surface area contributed by atoms with Crippen molar-refractivity contribution in [2.24, 2.45) is 0 Å². The molecular formula is C23H21N3O2S. The highest BCUT2D eigenvalue weighted by atomic mass is 32.1. The van der Waals surface area contributed by atoms with Gasteiger partial charge in [-0.25, -0.2) is 9.97 Å². The Bertz CT molecular complexity index is 1070. The first-order valence-corrected chi connectivity index (χ1v) is 10.6. The summed E-state index contributed by atoms with van der Waals surface area (Å²) in [5.74, 6) is 1.76. The summed E-state index contributed by atoms with van der Waals surface area (Å²) >= 11 is 1.64. The molecule has 1 aliphatic heterocycles. The fourth-order valence-corrected chi connectivity index (χ4v) is 4.44. The van der Waals surface area contributed by atoms with Crippen LogP contribution in [0.3, 0.4) is 0 Å². The molecule has 0 unspecified atom stereocenters. The van der Waals surface area contributed by atoms with E-state index >= 15 is 0 Å². The molecule has 0 amide bonds. The molecule has 4 aromatic rings. The lowest BCUT2D eigenvalue weighted by molar-refractivity contribution is 0.0797. The predicted octanol–water partition coefficient (Wildman–Crippen LogP) is 6.12. The predicted molar refractivity (Wildman–Crippen MR) is 116 cm³/mol. The smallest absolute Gasteiger partial charge is 0.222 e. The molecule has 2 aromatic carbocycles. The Labute approximate surface area is 173 Å². The van der Waals surface area contributed by atoms with Crippen molar-refractivity contribution in [3.63, 3.8) is 0 Å². The summed E-state index contributed by atoms with van der Waals surface area (Å²) in [7, 11) is 0. The van der Waals surface area contributed by atoms with Crippen molar-refractivity contribution in [3.05, 3.63) is 72.4 Å². The van der Waals surface area contributed by atoms with E-state index in [0.29, 0.717) is 11.8 Å². The van der Waals surface area contributed by atoms with Gasteiger partial charge in [-0.15, -0.1) is 0 Å². The lowest BCUT2D eigenvalue weighted by Gasteiger charge is -2.23. The maximum atomic E-state index is 6.11. The molecule has 3 heterocycles. The molecule has 0 spiro atoms. The van der Waals surface area contributed by atoms with Crippen molar-refractivity contribution in [1.82, 2.24) is 9.97 Å². The summed E-state index contributed by atoms with van der Waals surface area (Å²) in [5.41, 5.74) is 3.09. The zero-order chi connectivity index (χ0) is 19.5. The van der Waals surface area contributed by atoms with Crippen molar-refractivity contribution in [3.8, 4) is 11.6 Å². The third-order valence-corrected chi connectivity index (χ3v) is 5.97. The molecule has 1 aliphatic rings. The molecule has 5 rings (SSSR count). The number of fused-ring (bicyclic) bond motifs is 1. The van der Waals surface area contributed by atoms with E-state index in [1.807, 2.05) is 48.5 Å². The third-order valence-electron chi connectivity index (χ3n) is 5.01. The van der Waals surface area contributed by atoms with Crippen molar-refractivity contribution in [2.45, 2.75) is 18.8 Å². The lowest BCUT2D eigenvalue weighted by atomic mass is 9.94. The van der Waals surface area contributed by atoms with Gasteiger partial charge in [0.15, 0.2) is 5.13 Å². The zero-order valence-electron chi connectivity index (χ0n) is 15.9. The summed E-state index contributed by atoms with van der Waals surface area (Å²) < 4.78 is 12.9. The first kappa shape index (κ1) is 18.1. The van der Waals surface area contributed by atoms with Gasteiger partial charge >= 0.3 is 0 Å². The van der Waals surface area contributed by atoms with E-state index in [1.165, 1.54) is 4.70 Å². The summed E-state index contributed by atoms with van der Waals surface area (Å²) in [4.78, 5) is 9.08. The SMILES string of the molecule is c1cnc(Oc2ccc(Nc3nc4ccccc4s3)cc2)c([C@@H]2CCCOC2)c1. The molecule has 0 aliphatic carbocycles. The van der Waals surface area contributed by atoms with Crippen molar-refractivity contribution < 1.29 is 9.47 Å². The highest BCUT2D eigenvalue weighted by Crippen LogP contribution is 2.34. The largest absolute Gasteiger partial charge is 0.439 e. The summed E-state index contributed by atoms with van der Waals surface area (Å²) in [5, 5.41) is 4.25. The topological polar surface area (TPSA) is 56.3 Å². The number of rotatable bonds is 5. The van der Waals surface area contributed by atoms with E-state index in [0.717, 1.165) is 53.7 Å². The first-order valence-electron chi connectivity index (χ1n) is 9.78. The number of benzene rings is 2. The third kappa shape index (κ3) is 4.09. The van der Waals surface area contributed by atoms with E-state index in [4.69, 9.17) is 9.47 Å². The average Bonchev–Trinajstić information content (AvgIpc) is 3.18. The fourth-order valence-electron chi connectivity index (χ4n) is 3.55. The van der Waals surface area contributed by atoms with E-state index < -0.39 is 0 Å². The highest BCUT2D eigenvalue weighted by Gasteiger charge is 2.20. The Balaban J connectivity index is 1.31. The number of para-hydroxylation sites is 1. The van der Waals surface area contributed by atoms with Gasteiger partial charge in [-0.1, -0.05) is 29.5 Å². The molecule has 0 bridgehead atoms. The van der Waals surface area contributed by atoms with Crippen LogP contribution < -0.4 is 10.1 Å². The van der Waals surface area contributed by atoms with Crippen LogP contribution in [-0.4, -0.2) is 23.2 Å². The Morgan fingerprint density at radius 2 is 1.93 bits per heavy atom. The molecule has 6 heteroatoms. The number of anilines is 2. The van der Waals surface area contributed by atoms with Crippen molar-refractivity contribution in [1.29, 1.82) is 0 Å². The van der Waals surface area contributed by atoms with Gasteiger partial charge in [0.1, 0.15) is 5.75 Å². The number of pyridine rings is 1. The minimum Gasteiger partial charge on any atom is -0.439 e. The Kier molecular flexibility index (Phi) is 5.11. The standard InChI is InChI=1S/C23H21N3O2S/c1-2-8-21-20(7-1)26-23(29-21)25-17-9-11-18(12-10-17)28-22-19(6-3-13-24-22)16-5-4-14-27-15-16/h1-3,6-13,16H,4-5,14-15H2,(H,25,26)/t16-/m1/s1. The van der Waals surface area contributed by atoms with Crippen LogP contribution in [0.1, 0.15) is 24.3 Å². The molecule has 29 heavy (non-hydrogen) atoms. The zero-order valence-corrected chi connectivity index (χ0v) is 16.7. The lowest BCUT2D eigenvalue weighted by Crippen LogP contribution is -2.16. The second-order valence-corrected chi connectivity index (χ2v) is 8.08. The summed E-state index contributed by atoms with van der Waals surface area (Å²) in [6.07, 6.45) is 3.95. The maximum Gasteiger partial charge on any atom is 0.222 e. The Morgan fingerprint density at radius 1 is 1.03 bits per heavy atom. The minimum absolute atomic E-state index is 0.340. The van der Waals surface area contributed by atoms with E-state index in [2.05, 4.69) is 27.4 Å². The van der Waals surface area contributed by atoms with Gasteiger partial charge in [0.25, 0.3) is 0 Å². The Hall–Kier alpha value is -2.96. The number of nitrogens with one attached hydrogen (secondary N) is 1. The van der Waals surface area contributed by atoms with Gasteiger partial charge in [0.2, 0.25) is 5.88 Å². The average molecular weight is 404 g/mol. The van der Waals surface area contributed by atoms with Crippen LogP contribution in [0.25, 0.3) is 10.2 Å². The van der Waals surface area contributed by atoms with E-state index in [1.54, 1.807) is 17.5 Å². The molecule has 5 nitrogen and oxygen atoms in total. The van der Waals surface area contributed by atoms with Crippen molar-refractivity contribution in [2.75, 3.05) is 18.5 Å². The van der Waals surface area contributed by atoms with E-state index in [9.17, 15) is 0 Å². The second kappa shape index (κ2) is 8.19. The van der Waals surface area contributed by atoms with Gasteiger partial charge in [-0.05, 0) is 55.3 Å². The molecule has 1 atom stereocenters. The number of aromatic nitrogens is 2. The first-order chi connectivity index (χ1) is 14.3. The monoisotopic (exact) mass is 403 g/mol. The van der Waals surface area contributed by atoms with E-state index in [-0.39, 0.29) is 0 Å². The number of hydrogen-bond acceptors (Lipinski definition) is 6. The number of hydrogen-bond donors (Lipinski definition) is 1. The van der Waals surface area contributed by atoms with Crippen LogP contribution in [-0.2, 0) is 4.74 Å². The van der Waals surface area contributed by atoms with Crippen LogP contribution in [0, 0.1) is 0 Å². The number of ether oxygens (including phenoxy) is 2. The molecule has 0 saturated carbocycles. The summed E-state index contributed by atoms with van der Waals surface area (Å²) in [6, 6.07) is 20.1. The van der Waals surface area contributed by atoms with Gasteiger partial charge in [-0.3, -0.25) is 0 Å². The van der Waals surface area contributed by atoms with Crippen LogP contribution in [0.5, 0.6) is 11.6 Å².